The molecule has 3 aliphatic heterocycles. The quantitative estimate of drug-likeness (QED) is 0.880. The summed E-state index contributed by atoms with van der Waals surface area (Å²) < 4.78 is 13.9. The summed E-state index contributed by atoms with van der Waals surface area (Å²) in [6.45, 7) is 4.86. The van der Waals surface area contributed by atoms with Crippen LogP contribution in [0.2, 0.25) is 0 Å². The third kappa shape index (κ3) is 3.04. The topological polar surface area (TPSA) is 43.8 Å². The number of carboxylic acid groups (broad SMARTS) is 1. The van der Waals surface area contributed by atoms with E-state index in [-0.39, 0.29) is 11.9 Å². The van der Waals surface area contributed by atoms with E-state index < -0.39 is 6.09 Å². The van der Waals surface area contributed by atoms with Crippen LogP contribution in [0.5, 0.6) is 0 Å². The first-order chi connectivity index (χ1) is 12.0. The van der Waals surface area contributed by atoms with Crippen LogP contribution in [0.4, 0.5) is 14.9 Å². The fourth-order valence-corrected chi connectivity index (χ4v) is 4.89. The number of halogens is 1. The molecule has 2 aromatic rings. The summed E-state index contributed by atoms with van der Waals surface area (Å²) in [6.07, 6.45) is 1.10. The van der Waals surface area contributed by atoms with Crippen molar-refractivity contribution in [1.29, 1.82) is 0 Å². The monoisotopic (exact) mass is 360 g/mol. The van der Waals surface area contributed by atoms with E-state index in [2.05, 4.69) is 4.90 Å². The number of piperidine rings is 3. The Bertz CT molecular complexity index is 798. The van der Waals surface area contributed by atoms with Gasteiger partial charge < -0.3 is 10.0 Å². The van der Waals surface area contributed by atoms with Crippen LogP contribution in [0, 0.1) is 18.7 Å². The molecular weight excluding hydrogens is 339 g/mol. The van der Waals surface area contributed by atoms with E-state index in [0.717, 1.165) is 42.9 Å². The number of nitrogens with zero attached hydrogens (tertiary/aromatic N) is 2. The minimum absolute atomic E-state index is 0.0658. The van der Waals surface area contributed by atoms with Gasteiger partial charge in [-0.3, -0.25) is 4.90 Å². The van der Waals surface area contributed by atoms with Crippen LogP contribution in [0.15, 0.2) is 29.6 Å². The van der Waals surface area contributed by atoms with Gasteiger partial charge in [-0.05, 0) is 74.0 Å². The van der Waals surface area contributed by atoms with Crippen LogP contribution in [-0.4, -0.2) is 41.8 Å². The molecule has 0 spiro atoms. The third-order valence-electron chi connectivity index (χ3n) is 5.42. The molecule has 1 N–H and O–H groups in total. The van der Waals surface area contributed by atoms with Gasteiger partial charge in [0.15, 0.2) is 0 Å². The smallest absolute Gasteiger partial charge is 0.412 e. The fourth-order valence-electron chi connectivity index (χ4n) is 4.18. The average Bonchev–Trinajstić information content (AvgIpc) is 3.03. The van der Waals surface area contributed by atoms with Crippen molar-refractivity contribution in [3.63, 3.8) is 0 Å². The number of aryl methyl sites for hydroxylation is 1. The molecular formula is C19H21FN2O2S. The number of hydrogen-bond donors (Lipinski definition) is 1. The Kier molecular flexibility index (Phi) is 4.25. The lowest BCUT2D eigenvalue weighted by atomic mass is 9.82. The van der Waals surface area contributed by atoms with Crippen molar-refractivity contribution in [2.24, 2.45) is 5.92 Å². The van der Waals surface area contributed by atoms with Gasteiger partial charge >= 0.3 is 6.09 Å². The first-order valence-electron chi connectivity index (χ1n) is 8.62. The molecule has 1 unspecified atom stereocenters. The lowest BCUT2D eigenvalue weighted by molar-refractivity contribution is 0.0837. The Morgan fingerprint density at radius 2 is 2.08 bits per heavy atom. The molecule has 1 amide bonds. The van der Waals surface area contributed by atoms with Crippen LogP contribution in [-0.2, 0) is 0 Å². The molecule has 132 valence electrons. The molecule has 6 heteroatoms. The molecule has 25 heavy (non-hydrogen) atoms. The molecule has 3 fully saturated rings. The number of hydrogen-bond acceptors (Lipinski definition) is 3. The van der Waals surface area contributed by atoms with Crippen molar-refractivity contribution in [3.05, 3.63) is 40.3 Å². The third-order valence-corrected chi connectivity index (χ3v) is 6.28. The van der Waals surface area contributed by atoms with Crippen LogP contribution in [0.3, 0.4) is 0 Å². The lowest BCUT2D eigenvalue weighted by Gasteiger charge is -2.48. The van der Waals surface area contributed by atoms with E-state index in [1.165, 1.54) is 17.0 Å². The van der Waals surface area contributed by atoms with E-state index in [4.69, 9.17) is 0 Å². The van der Waals surface area contributed by atoms with E-state index in [1.54, 1.807) is 17.4 Å². The van der Waals surface area contributed by atoms with Gasteiger partial charge in [-0.25, -0.2) is 9.18 Å². The Balaban J connectivity index is 1.79. The Morgan fingerprint density at radius 1 is 1.32 bits per heavy atom. The molecule has 5 rings (SSSR count). The highest BCUT2D eigenvalue weighted by Gasteiger charge is 2.40. The first-order valence-corrected chi connectivity index (χ1v) is 9.50. The molecule has 3 saturated heterocycles. The summed E-state index contributed by atoms with van der Waals surface area (Å²) in [5.74, 6) is 0.0325. The normalized spacial score (nSPS) is 25.1. The van der Waals surface area contributed by atoms with Crippen LogP contribution < -0.4 is 4.90 Å². The minimum Gasteiger partial charge on any atom is -0.465 e. The standard InChI is InChI=1S/C19H21FN2O2S/c1-12-8-14(11-25-12)16-9-15(20)2-3-17(16)22(19(23)24)18-10-21-6-4-13(18)5-7-21/h2-3,8-9,11,13,18H,4-7,10H2,1H3,(H,23,24). The van der Waals surface area contributed by atoms with Gasteiger partial charge in [0, 0.05) is 17.0 Å². The van der Waals surface area contributed by atoms with Crippen LogP contribution in [0.1, 0.15) is 17.7 Å². The molecule has 2 bridgehead atoms. The van der Waals surface area contributed by atoms with Gasteiger partial charge in [0.05, 0.1) is 11.7 Å². The van der Waals surface area contributed by atoms with Gasteiger partial charge in [-0.15, -0.1) is 11.3 Å². The second-order valence-electron chi connectivity index (χ2n) is 6.97. The van der Waals surface area contributed by atoms with Crippen LogP contribution >= 0.6 is 11.3 Å². The Labute approximate surface area is 150 Å². The molecule has 4 nitrogen and oxygen atoms in total. The van der Waals surface area contributed by atoms with Gasteiger partial charge in [0.25, 0.3) is 0 Å². The molecule has 0 saturated carbocycles. The number of rotatable bonds is 3. The molecule has 1 atom stereocenters. The zero-order chi connectivity index (χ0) is 17.6. The van der Waals surface area contributed by atoms with E-state index >= 15 is 0 Å². The second kappa shape index (κ2) is 6.42. The van der Waals surface area contributed by atoms with Gasteiger partial charge in [0.2, 0.25) is 0 Å². The molecule has 4 heterocycles. The van der Waals surface area contributed by atoms with Crippen molar-refractivity contribution >= 4 is 23.1 Å². The SMILES string of the molecule is Cc1cc(-c2cc(F)ccc2N(C(=O)O)C2CN3CCC2CC3)cs1. The summed E-state index contributed by atoms with van der Waals surface area (Å²) in [5, 5.41) is 11.9. The van der Waals surface area contributed by atoms with Gasteiger partial charge in [-0.2, -0.15) is 0 Å². The molecule has 1 aromatic carbocycles. The van der Waals surface area contributed by atoms with Gasteiger partial charge in [0.1, 0.15) is 5.82 Å². The number of benzene rings is 1. The number of anilines is 1. The highest BCUT2D eigenvalue weighted by atomic mass is 32.1. The summed E-state index contributed by atoms with van der Waals surface area (Å²) in [5.41, 5.74) is 2.12. The van der Waals surface area contributed by atoms with E-state index in [9.17, 15) is 14.3 Å². The van der Waals surface area contributed by atoms with Gasteiger partial charge in [-0.1, -0.05) is 0 Å². The van der Waals surface area contributed by atoms with Crippen molar-refractivity contribution < 1.29 is 14.3 Å². The van der Waals surface area contributed by atoms with Crippen molar-refractivity contribution in [3.8, 4) is 11.1 Å². The maximum Gasteiger partial charge on any atom is 0.412 e. The molecule has 0 radical (unpaired) electrons. The first kappa shape index (κ1) is 16.5. The summed E-state index contributed by atoms with van der Waals surface area (Å²) in [4.78, 5) is 17.1. The highest BCUT2D eigenvalue weighted by Crippen LogP contribution is 2.39. The maximum absolute atomic E-state index is 13.9. The second-order valence-corrected chi connectivity index (χ2v) is 8.08. The molecule has 3 aliphatic rings. The highest BCUT2D eigenvalue weighted by molar-refractivity contribution is 7.10. The van der Waals surface area contributed by atoms with Crippen molar-refractivity contribution in [1.82, 2.24) is 4.90 Å². The lowest BCUT2D eigenvalue weighted by Crippen LogP contribution is -2.58. The zero-order valence-electron chi connectivity index (χ0n) is 14.1. The number of amides is 1. The number of carbonyl (C=O) groups is 1. The molecule has 1 aromatic heterocycles. The van der Waals surface area contributed by atoms with Crippen molar-refractivity contribution in [2.45, 2.75) is 25.8 Å². The zero-order valence-corrected chi connectivity index (χ0v) is 14.9. The van der Waals surface area contributed by atoms with E-state index in [1.807, 2.05) is 18.4 Å². The average molecular weight is 360 g/mol. The Morgan fingerprint density at radius 3 is 2.64 bits per heavy atom. The minimum atomic E-state index is -0.960. The number of thiophene rings is 1. The predicted molar refractivity (Wildman–Crippen MR) is 97.9 cm³/mol. The van der Waals surface area contributed by atoms with E-state index in [0.29, 0.717) is 17.2 Å². The van der Waals surface area contributed by atoms with Crippen LogP contribution in [0.25, 0.3) is 11.1 Å². The molecule has 0 aliphatic carbocycles. The van der Waals surface area contributed by atoms with Crippen molar-refractivity contribution in [2.75, 3.05) is 24.5 Å². The Hall–Kier alpha value is -1.92. The summed E-state index contributed by atoms with van der Waals surface area (Å²) in [6, 6.07) is 6.34. The maximum atomic E-state index is 13.9. The predicted octanol–water partition coefficient (Wildman–Crippen LogP) is 4.44. The fraction of sp³-hybridized carbons (Fsp3) is 0.421. The summed E-state index contributed by atoms with van der Waals surface area (Å²) in [7, 11) is 0. The largest absolute Gasteiger partial charge is 0.465 e. The number of fused-ring (bicyclic) bond motifs is 3. The summed E-state index contributed by atoms with van der Waals surface area (Å²) >= 11 is 1.58.